The van der Waals surface area contributed by atoms with Crippen LogP contribution in [0.3, 0.4) is 0 Å². The molecule has 0 aliphatic rings. The molecule has 0 saturated heterocycles. The Morgan fingerprint density at radius 2 is 1.79 bits per heavy atom. The number of H-pyrrole nitrogens is 2. The normalized spacial score (nSPS) is 13.4. The van der Waals surface area contributed by atoms with Crippen LogP contribution < -0.4 is 5.32 Å². The molecule has 4 aromatic rings. The smallest absolute Gasteiger partial charge is 0.148 e. The van der Waals surface area contributed by atoms with Crippen LogP contribution in [0.4, 0.5) is 4.39 Å². The first-order chi connectivity index (χ1) is 13.8. The summed E-state index contributed by atoms with van der Waals surface area (Å²) in [4.78, 5) is 6.56. The molecular weight excluding hydrogens is 361 g/mol. The molecule has 3 N–H and O–H groups in total. The summed E-state index contributed by atoms with van der Waals surface area (Å²) in [5, 5.41) is 5.32. The lowest BCUT2D eigenvalue weighted by molar-refractivity contribution is 0.595. The molecule has 0 amide bonds. The molecule has 1 unspecified atom stereocenters. The van der Waals surface area contributed by atoms with Crippen molar-refractivity contribution in [2.75, 3.05) is 7.05 Å². The topological polar surface area (TPSA) is 43.6 Å². The second-order valence-corrected chi connectivity index (χ2v) is 9.13. The summed E-state index contributed by atoms with van der Waals surface area (Å²) in [5.74, 6) is 0.0237. The summed E-state index contributed by atoms with van der Waals surface area (Å²) in [5.41, 5.74) is 7.10. The molecule has 4 heteroatoms. The van der Waals surface area contributed by atoms with Crippen molar-refractivity contribution in [1.29, 1.82) is 0 Å². The van der Waals surface area contributed by atoms with E-state index in [0.717, 1.165) is 24.0 Å². The van der Waals surface area contributed by atoms with Crippen LogP contribution in [0.5, 0.6) is 0 Å². The van der Waals surface area contributed by atoms with Crippen LogP contribution in [0.1, 0.15) is 55.9 Å². The van der Waals surface area contributed by atoms with E-state index in [1.165, 1.54) is 33.8 Å². The van der Waals surface area contributed by atoms with Crippen LogP contribution in [0.25, 0.3) is 21.8 Å². The third kappa shape index (κ3) is 3.46. The molecule has 0 aliphatic heterocycles. The highest BCUT2D eigenvalue weighted by atomic mass is 19.1. The van der Waals surface area contributed by atoms with Gasteiger partial charge in [-0.15, -0.1) is 0 Å². The van der Waals surface area contributed by atoms with Crippen LogP contribution in [-0.2, 0) is 18.4 Å². The summed E-state index contributed by atoms with van der Waals surface area (Å²) < 4.78 is 14.4. The Kier molecular flexibility index (Phi) is 4.99. The van der Waals surface area contributed by atoms with Crippen molar-refractivity contribution in [2.45, 2.75) is 52.0 Å². The van der Waals surface area contributed by atoms with E-state index in [1.807, 2.05) is 25.2 Å². The summed E-state index contributed by atoms with van der Waals surface area (Å²) in [6, 6.07) is 10.5. The van der Waals surface area contributed by atoms with Gasteiger partial charge in [0, 0.05) is 40.7 Å². The van der Waals surface area contributed by atoms with Gasteiger partial charge >= 0.3 is 0 Å². The van der Waals surface area contributed by atoms with Gasteiger partial charge in [-0.3, -0.25) is 0 Å². The first kappa shape index (κ1) is 19.7. The fraction of sp³-hybridized carbons (Fsp3) is 0.360. The molecule has 0 saturated carbocycles. The SMILES string of the molecule is CNCc1c[nH]c2c(CC(C)c3cccc4[nH]cc(F)c34)ccc(C(C)(C)C)c12. The molecular formula is C25H30FN3. The van der Waals surface area contributed by atoms with Crippen molar-refractivity contribution in [1.82, 2.24) is 15.3 Å². The molecule has 2 aromatic heterocycles. The van der Waals surface area contributed by atoms with Crippen molar-refractivity contribution >= 4 is 21.8 Å². The zero-order chi connectivity index (χ0) is 20.8. The quantitative estimate of drug-likeness (QED) is 0.375. The van der Waals surface area contributed by atoms with Crippen LogP contribution in [0.15, 0.2) is 42.7 Å². The molecule has 2 aromatic carbocycles. The Labute approximate surface area is 171 Å². The lowest BCUT2D eigenvalue weighted by atomic mass is 9.82. The van der Waals surface area contributed by atoms with E-state index in [9.17, 15) is 4.39 Å². The molecule has 0 spiro atoms. The van der Waals surface area contributed by atoms with Crippen molar-refractivity contribution in [3.05, 3.63) is 70.8 Å². The number of aromatic nitrogens is 2. The number of fused-ring (bicyclic) bond motifs is 2. The number of nitrogens with one attached hydrogen (secondary N) is 3. The predicted molar refractivity (Wildman–Crippen MR) is 120 cm³/mol. The van der Waals surface area contributed by atoms with Crippen molar-refractivity contribution in [3.8, 4) is 0 Å². The fourth-order valence-electron chi connectivity index (χ4n) is 4.52. The molecule has 29 heavy (non-hydrogen) atoms. The lowest BCUT2D eigenvalue weighted by Gasteiger charge is -2.23. The number of aromatic amines is 2. The first-order valence-corrected chi connectivity index (χ1v) is 10.3. The van der Waals surface area contributed by atoms with Crippen molar-refractivity contribution < 1.29 is 4.39 Å². The molecule has 0 aliphatic carbocycles. The average molecular weight is 392 g/mol. The minimum Gasteiger partial charge on any atom is -0.361 e. The third-order valence-electron chi connectivity index (χ3n) is 5.93. The highest BCUT2D eigenvalue weighted by Gasteiger charge is 2.22. The standard InChI is InChI=1S/C25H30FN3/c1-15(18-7-6-8-21-23(18)20(26)14-28-21)11-16-9-10-19(25(2,3)4)22-17(12-27-5)13-29-24(16)22/h6-10,13-15,27-29H,11-12H2,1-5H3. The summed E-state index contributed by atoms with van der Waals surface area (Å²) in [6.07, 6.45) is 4.42. The third-order valence-corrected chi connectivity index (χ3v) is 5.93. The molecule has 152 valence electrons. The Morgan fingerprint density at radius 1 is 1.00 bits per heavy atom. The Morgan fingerprint density at radius 3 is 2.52 bits per heavy atom. The predicted octanol–water partition coefficient (Wildman–Crippen LogP) is 6.15. The molecule has 0 bridgehead atoms. The maximum atomic E-state index is 14.4. The van der Waals surface area contributed by atoms with Gasteiger partial charge in [-0.25, -0.2) is 4.39 Å². The van der Waals surface area contributed by atoms with E-state index in [-0.39, 0.29) is 17.2 Å². The van der Waals surface area contributed by atoms with Gasteiger partial charge in [-0.1, -0.05) is 52.0 Å². The molecule has 3 nitrogen and oxygen atoms in total. The lowest BCUT2D eigenvalue weighted by Crippen LogP contribution is -2.13. The van der Waals surface area contributed by atoms with Gasteiger partial charge in [-0.05, 0) is 53.1 Å². The number of benzene rings is 2. The highest BCUT2D eigenvalue weighted by molar-refractivity contribution is 5.90. The minimum absolute atomic E-state index is 0.0624. The summed E-state index contributed by atoms with van der Waals surface area (Å²) in [7, 11) is 1.98. The second-order valence-electron chi connectivity index (χ2n) is 9.13. The van der Waals surface area contributed by atoms with Crippen molar-refractivity contribution in [2.24, 2.45) is 0 Å². The zero-order valence-corrected chi connectivity index (χ0v) is 17.9. The van der Waals surface area contributed by atoms with Gasteiger partial charge in [-0.2, -0.15) is 0 Å². The molecule has 2 heterocycles. The maximum Gasteiger partial charge on any atom is 0.148 e. The van der Waals surface area contributed by atoms with Crippen LogP contribution in [-0.4, -0.2) is 17.0 Å². The van der Waals surface area contributed by atoms with Crippen molar-refractivity contribution in [3.63, 3.8) is 0 Å². The number of hydrogen-bond acceptors (Lipinski definition) is 1. The first-order valence-electron chi connectivity index (χ1n) is 10.3. The Balaban J connectivity index is 1.79. The van der Waals surface area contributed by atoms with Gasteiger partial charge in [0.25, 0.3) is 0 Å². The Bertz CT molecular complexity index is 1160. The van der Waals surface area contributed by atoms with E-state index >= 15 is 0 Å². The molecule has 1 atom stereocenters. The summed E-state index contributed by atoms with van der Waals surface area (Å²) >= 11 is 0. The van der Waals surface area contributed by atoms with Crippen LogP contribution in [0.2, 0.25) is 0 Å². The monoisotopic (exact) mass is 391 g/mol. The van der Waals surface area contributed by atoms with Gasteiger partial charge in [0.05, 0.1) is 0 Å². The number of halogens is 1. The Hall–Kier alpha value is -2.59. The molecule has 4 rings (SSSR count). The van der Waals surface area contributed by atoms with Gasteiger partial charge in [0.15, 0.2) is 0 Å². The zero-order valence-electron chi connectivity index (χ0n) is 17.9. The van der Waals surface area contributed by atoms with Gasteiger partial charge < -0.3 is 15.3 Å². The largest absolute Gasteiger partial charge is 0.361 e. The molecule has 0 fully saturated rings. The van der Waals surface area contributed by atoms with Crippen LogP contribution >= 0.6 is 0 Å². The molecule has 0 radical (unpaired) electrons. The van der Waals surface area contributed by atoms with E-state index in [2.05, 4.69) is 61.3 Å². The average Bonchev–Trinajstić information content (AvgIpc) is 3.26. The van der Waals surface area contributed by atoms with E-state index in [0.29, 0.717) is 5.39 Å². The number of rotatable bonds is 5. The minimum atomic E-state index is -0.174. The van der Waals surface area contributed by atoms with Crippen LogP contribution in [0, 0.1) is 5.82 Å². The van der Waals surface area contributed by atoms with Gasteiger partial charge in [0.2, 0.25) is 0 Å². The van der Waals surface area contributed by atoms with E-state index < -0.39 is 0 Å². The fourth-order valence-corrected chi connectivity index (χ4v) is 4.52. The van der Waals surface area contributed by atoms with Gasteiger partial charge in [0.1, 0.15) is 5.82 Å². The maximum absolute atomic E-state index is 14.4. The highest BCUT2D eigenvalue weighted by Crippen LogP contribution is 2.36. The second kappa shape index (κ2) is 7.34. The number of hydrogen-bond donors (Lipinski definition) is 3. The van der Waals surface area contributed by atoms with E-state index in [1.54, 1.807) is 0 Å². The summed E-state index contributed by atoms with van der Waals surface area (Å²) in [6.45, 7) is 9.79. The van der Waals surface area contributed by atoms with E-state index in [4.69, 9.17) is 0 Å².